The quantitative estimate of drug-likeness (QED) is 0.0692. The van der Waals surface area contributed by atoms with Gasteiger partial charge in [0.05, 0.1) is 10.0 Å². The predicted molar refractivity (Wildman–Crippen MR) is 242 cm³/mol. The standard InChI is InChI=1S/C45H39Cl4N7O6/c1-22-7-11-31(46)20-36(22)50-43(60)28-9-13-33(48)38(17-28)53-55-41(26(5)57)40(59)19-30-15-25(4)35(16-24(30)3)52-45(62)42(27(6)58)56-54-39-18-29(10-14-34(39)49)44(61)51-37-21-32(47)12-8-23(37)2/h7-18,20-21,41-42H,19H2,1-6H3,(H,50,60)(H,51,61)(H,52,62). The third-order valence-electron chi connectivity index (χ3n) is 9.50. The average Bonchev–Trinajstić information content (AvgIpc) is 3.20. The number of hydrogen-bond acceptors (Lipinski definition) is 10. The normalized spacial score (nSPS) is 12.2. The van der Waals surface area contributed by atoms with E-state index in [1.54, 1.807) is 62.4 Å². The molecule has 0 saturated heterocycles. The highest BCUT2D eigenvalue weighted by atomic mass is 35.5. The summed E-state index contributed by atoms with van der Waals surface area (Å²) in [6.07, 6.45) is -0.208. The van der Waals surface area contributed by atoms with Gasteiger partial charge in [-0.05, 0) is 136 Å². The first kappa shape index (κ1) is 46.9. The summed E-state index contributed by atoms with van der Waals surface area (Å²) in [5, 5.41) is 25.6. The monoisotopic (exact) mass is 913 g/mol. The van der Waals surface area contributed by atoms with Crippen LogP contribution < -0.4 is 16.0 Å². The summed E-state index contributed by atoms with van der Waals surface area (Å²) >= 11 is 24.9. The molecule has 0 radical (unpaired) electrons. The molecule has 62 heavy (non-hydrogen) atoms. The number of anilines is 3. The Bertz CT molecular complexity index is 2520. The van der Waals surface area contributed by atoms with E-state index in [-0.39, 0.29) is 39.0 Å². The number of carbonyl (C=O) groups excluding carboxylic acids is 6. The second-order valence-corrected chi connectivity index (χ2v) is 16.0. The number of rotatable bonds is 15. The van der Waals surface area contributed by atoms with E-state index in [4.69, 9.17) is 46.4 Å². The van der Waals surface area contributed by atoms with Crippen molar-refractivity contribution < 1.29 is 28.8 Å². The Morgan fingerprint density at radius 2 is 0.968 bits per heavy atom. The molecule has 0 aliphatic rings. The number of aryl methyl sites for hydroxylation is 4. The lowest BCUT2D eigenvalue weighted by Crippen LogP contribution is -2.32. The molecule has 0 heterocycles. The molecule has 0 bridgehead atoms. The average molecular weight is 916 g/mol. The van der Waals surface area contributed by atoms with Crippen molar-refractivity contribution in [3.05, 3.63) is 144 Å². The molecule has 5 rings (SSSR count). The van der Waals surface area contributed by atoms with Crippen LogP contribution in [-0.4, -0.2) is 47.2 Å². The Morgan fingerprint density at radius 1 is 0.516 bits per heavy atom. The molecular formula is C45H39Cl4N7O6. The summed E-state index contributed by atoms with van der Waals surface area (Å²) in [5.74, 6) is -3.45. The number of azo groups is 2. The predicted octanol–water partition coefficient (Wildman–Crippen LogP) is 11.6. The molecular weight excluding hydrogens is 876 g/mol. The highest BCUT2D eigenvalue weighted by molar-refractivity contribution is 6.34. The van der Waals surface area contributed by atoms with Crippen molar-refractivity contribution >= 4 is 110 Å². The molecule has 2 atom stereocenters. The first-order valence-electron chi connectivity index (χ1n) is 18.8. The van der Waals surface area contributed by atoms with Gasteiger partial charge in [-0.25, -0.2) is 0 Å². The van der Waals surface area contributed by atoms with Crippen LogP contribution in [0.15, 0.2) is 105 Å². The highest BCUT2D eigenvalue weighted by Crippen LogP contribution is 2.31. The molecule has 318 valence electrons. The molecule has 5 aromatic carbocycles. The van der Waals surface area contributed by atoms with Crippen molar-refractivity contribution in [2.45, 2.75) is 60.0 Å². The molecule has 0 aliphatic carbocycles. The number of amides is 3. The van der Waals surface area contributed by atoms with Crippen molar-refractivity contribution in [2.75, 3.05) is 16.0 Å². The van der Waals surface area contributed by atoms with Crippen LogP contribution >= 0.6 is 46.4 Å². The summed E-state index contributed by atoms with van der Waals surface area (Å²) < 4.78 is 0. The fraction of sp³-hybridized carbons (Fsp3) is 0.200. The van der Waals surface area contributed by atoms with Crippen LogP contribution in [0.4, 0.5) is 28.4 Å². The maximum absolute atomic E-state index is 13.5. The summed E-state index contributed by atoms with van der Waals surface area (Å²) in [4.78, 5) is 78.3. The lowest BCUT2D eigenvalue weighted by molar-refractivity contribution is -0.128. The summed E-state index contributed by atoms with van der Waals surface area (Å²) in [6, 6.07) is 19.1. The molecule has 0 fully saturated rings. The van der Waals surface area contributed by atoms with Crippen molar-refractivity contribution in [3.63, 3.8) is 0 Å². The van der Waals surface area contributed by atoms with Gasteiger partial charge in [0.15, 0.2) is 23.4 Å². The van der Waals surface area contributed by atoms with Gasteiger partial charge < -0.3 is 16.0 Å². The van der Waals surface area contributed by atoms with E-state index in [2.05, 4.69) is 36.4 Å². The van der Waals surface area contributed by atoms with Crippen LogP contribution in [0.1, 0.15) is 62.4 Å². The Labute approximate surface area is 377 Å². The molecule has 17 heteroatoms. The number of ketones is 3. The number of Topliss-reactive ketones (excluding diaryl/α,β-unsaturated/α-hetero) is 3. The van der Waals surface area contributed by atoms with Crippen molar-refractivity contribution in [1.82, 2.24) is 0 Å². The van der Waals surface area contributed by atoms with Crippen LogP contribution in [0.3, 0.4) is 0 Å². The Balaban J connectivity index is 1.27. The molecule has 13 nitrogen and oxygen atoms in total. The number of hydrogen-bond donors (Lipinski definition) is 3. The first-order chi connectivity index (χ1) is 29.3. The van der Waals surface area contributed by atoms with Crippen molar-refractivity contribution in [1.29, 1.82) is 0 Å². The van der Waals surface area contributed by atoms with Crippen LogP contribution in [-0.2, 0) is 25.6 Å². The molecule has 0 spiro atoms. The summed E-state index contributed by atoms with van der Waals surface area (Å²) in [7, 11) is 0. The van der Waals surface area contributed by atoms with Gasteiger partial charge in [0.25, 0.3) is 17.7 Å². The Morgan fingerprint density at radius 3 is 1.44 bits per heavy atom. The van der Waals surface area contributed by atoms with Crippen LogP contribution in [0, 0.1) is 27.7 Å². The smallest absolute Gasteiger partial charge is 0.258 e. The van der Waals surface area contributed by atoms with E-state index < -0.39 is 47.2 Å². The van der Waals surface area contributed by atoms with Gasteiger partial charge >= 0.3 is 0 Å². The zero-order chi connectivity index (χ0) is 45.4. The maximum atomic E-state index is 13.5. The lowest BCUT2D eigenvalue weighted by atomic mass is 9.96. The van der Waals surface area contributed by atoms with E-state index in [0.717, 1.165) is 11.1 Å². The van der Waals surface area contributed by atoms with Gasteiger partial charge in [0, 0.05) is 44.7 Å². The van der Waals surface area contributed by atoms with Crippen molar-refractivity contribution in [3.8, 4) is 0 Å². The minimum Gasteiger partial charge on any atom is -0.324 e. The number of benzene rings is 5. The highest BCUT2D eigenvalue weighted by Gasteiger charge is 2.27. The topological polar surface area (TPSA) is 188 Å². The lowest BCUT2D eigenvalue weighted by Gasteiger charge is -2.15. The number of nitrogens with one attached hydrogen (secondary N) is 3. The second-order valence-electron chi connectivity index (χ2n) is 14.3. The molecule has 2 unspecified atom stereocenters. The molecule has 5 aromatic rings. The van der Waals surface area contributed by atoms with Gasteiger partial charge in [-0.3, -0.25) is 28.8 Å². The largest absolute Gasteiger partial charge is 0.324 e. The first-order valence-corrected chi connectivity index (χ1v) is 20.3. The zero-order valence-corrected chi connectivity index (χ0v) is 37.2. The molecule has 0 saturated carbocycles. The Kier molecular flexibility index (Phi) is 15.6. The fourth-order valence-corrected chi connectivity index (χ4v) is 6.58. The molecule has 3 amide bonds. The van der Waals surface area contributed by atoms with Crippen LogP contribution in [0.5, 0.6) is 0 Å². The summed E-state index contributed by atoms with van der Waals surface area (Å²) in [5.41, 5.74) is 5.15. The third-order valence-corrected chi connectivity index (χ3v) is 10.6. The van der Waals surface area contributed by atoms with Gasteiger partial charge in [-0.2, -0.15) is 20.5 Å². The zero-order valence-electron chi connectivity index (χ0n) is 34.2. The number of halogens is 4. The van der Waals surface area contributed by atoms with Gasteiger partial charge in [-0.1, -0.05) is 64.6 Å². The SMILES string of the molecule is CC(=O)C(N=Nc1cc(C(=O)Nc2cc(Cl)ccc2C)ccc1Cl)C(=O)Cc1cc(C)c(NC(=O)C(N=Nc2cc(C(=O)Nc3cc(Cl)ccc3C)ccc2Cl)C(C)=O)cc1C. The van der Waals surface area contributed by atoms with E-state index in [1.165, 1.54) is 50.2 Å². The van der Waals surface area contributed by atoms with Gasteiger partial charge in [-0.15, -0.1) is 0 Å². The minimum atomic E-state index is -1.57. The second kappa shape index (κ2) is 20.6. The van der Waals surface area contributed by atoms with E-state index in [1.807, 2.05) is 13.8 Å². The number of carbonyl (C=O) groups is 6. The molecule has 0 aromatic heterocycles. The number of nitrogens with zero attached hydrogens (tertiary/aromatic N) is 4. The Hall–Kier alpha value is -6.12. The maximum Gasteiger partial charge on any atom is 0.258 e. The van der Waals surface area contributed by atoms with Gasteiger partial charge in [0.1, 0.15) is 11.4 Å². The van der Waals surface area contributed by atoms with Crippen molar-refractivity contribution in [2.24, 2.45) is 20.5 Å². The third kappa shape index (κ3) is 12.0. The molecule has 3 N–H and O–H groups in total. The molecule has 0 aliphatic heterocycles. The summed E-state index contributed by atoms with van der Waals surface area (Å²) in [6.45, 7) is 9.43. The van der Waals surface area contributed by atoms with Crippen LogP contribution in [0.25, 0.3) is 0 Å². The van der Waals surface area contributed by atoms with E-state index in [9.17, 15) is 28.8 Å². The van der Waals surface area contributed by atoms with Gasteiger partial charge in [0.2, 0.25) is 6.04 Å². The van der Waals surface area contributed by atoms with E-state index >= 15 is 0 Å². The minimum absolute atomic E-state index is 0.0506. The van der Waals surface area contributed by atoms with E-state index in [0.29, 0.717) is 43.8 Å². The fourth-order valence-electron chi connectivity index (χ4n) is 5.93. The van der Waals surface area contributed by atoms with Crippen LogP contribution in [0.2, 0.25) is 20.1 Å².